The first kappa shape index (κ1) is 14.3. The smallest absolute Gasteiger partial charge is 0.264 e. The third-order valence-corrected chi connectivity index (χ3v) is 3.94. The van der Waals surface area contributed by atoms with E-state index in [2.05, 4.69) is 4.72 Å². The molecule has 0 saturated heterocycles. The molecule has 20 heavy (non-hydrogen) atoms. The second kappa shape index (κ2) is 5.88. The highest BCUT2D eigenvalue weighted by Crippen LogP contribution is 2.07. The molecule has 0 aliphatic heterocycles. The third kappa shape index (κ3) is 3.93. The summed E-state index contributed by atoms with van der Waals surface area (Å²) in [5.41, 5.74) is 1.87. The minimum atomic E-state index is -3.69. The Balaban J connectivity index is 2.10. The lowest BCUT2D eigenvalue weighted by atomic mass is 10.1. The molecule has 2 aromatic carbocycles. The molecule has 0 aliphatic rings. The van der Waals surface area contributed by atoms with Crippen molar-refractivity contribution in [3.05, 3.63) is 71.3 Å². The monoisotopic (exact) mass is 289 g/mol. The van der Waals surface area contributed by atoms with E-state index in [1.807, 2.05) is 13.0 Å². The molecule has 1 N–H and O–H groups in total. The maximum atomic E-state index is 11.9. The van der Waals surface area contributed by atoms with Crippen molar-refractivity contribution in [3.8, 4) is 0 Å². The van der Waals surface area contributed by atoms with Gasteiger partial charge in [0.2, 0.25) is 10.0 Å². The van der Waals surface area contributed by atoms with Gasteiger partial charge < -0.3 is 0 Å². The Bertz CT molecular complexity index is 709. The Labute approximate surface area is 118 Å². The fourth-order valence-corrected chi connectivity index (χ4v) is 2.92. The zero-order valence-corrected chi connectivity index (χ0v) is 11.9. The van der Waals surface area contributed by atoms with Crippen molar-refractivity contribution in [2.45, 2.75) is 12.7 Å². The molecule has 5 heteroatoms. The van der Waals surface area contributed by atoms with Gasteiger partial charge >= 0.3 is 0 Å². The average molecular weight is 289 g/mol. The van der Waals surface area contributed by atoms with Gasteiger partial charge in [0, 0.05) is 5.56 Å². The Morgan fingerprint density at radius 2 is 1.75 bits per heavy atom. The van der Waals surface area contributed by atoms with Crippen LogP contribution in [0.25, 0.3) is 0 Å². The number of nitrogens with one attached hydrogen (secondary N) is 1. The molecule has 0 fully saturated rings. The minimum Gasteiger partial charge on any atom is -0.268 e. The van der Waals surface area contributed by atoms with Crippen LogP contribution in [0.5, 0.6) is 0 Å². The van der Waals surface area contributed by atoms with Gasteiger partial charge in [-0.05, 0) is 24.6 Å². The Morgan fingerprint density at radius 3 is 2.40 bits per heavy atom. The lowest BCUT2D eigenvalue weighted by molar-refractivity contribution is 0.0981. The number of hydrogen-bond donors (Lipinski definition) is 1. The van der Waals surface area contributed by atoms with Crippen molar-refractivity contribution < 1.29 is 13.2 Å². The second-order valence-electron chi connectivity index (χ2n) is 4.55. The molecular formula is C15H15NO3S. The summed E-state index contributed by atoms with van der Waals surface area (Å²) in [5.74, 6) is -0.824. The molecule has 2 aromatic rings. The molecule has 1 amide bonds. The summed E-state index contributed by atoms with van der Waals surface area (Å²) in [6.07, 6.45) is 0. The zero-order chi connectivity index (χ0) is 14.6. The molecule has 0 heterocycles. The summed E-state index contributed by atoms with van der Waals surface area (Å²) in [5, 5.41) is 0. The average Bonchev–Trinajstić information content (AvgIpc) is 2.38. The molecule has 0 spiro atoms. The summed E-state index contributed by atoms with van der Waals surface area (Å²) in [6.45, 7) is 1.84. The fourth-order valence-electron chi connectivity index (χ4n) is 1.82. The van der Waals surface area contributed by atoms with Crippen molar-refractivity contribution >= 4 is 15.9 Å². The summed E-state index contributed by atoms with van der Waals surface area (Å²) >= 11 is 0. The van der Waals surface area contributed by atoms with E-state index in [-0.39, 0.29) is 5.75 Å². The van der Waals surface area contributed by atoms with Crippen LogP contribution in [0.2, 0.25) is 0 Å². The number of carbonyl (C=O) groups is 1. The normalized spacial score (nSPS) is 11.1. The molecule has 0 saturated carbocycles. The molecule has 2 rings (SSSR count). The van der Waals surface area contributed by atoms with Gasteiger partial charge in [-0.3, -0.25) is 4.79 Å². The van der Waals surface area contributed by atoms with Gasteiger partial charge in [-0.15, -0.1) is 0 Å². The van der Waals surface area contributed by atoms with Crippen molar-refractivity contribution in [2.75, 3.05) is 0 Å². The number of hydrogen-bond acceptors (Lipinski definition) is 3. The molecule has 0 aliphatic carbocycles. The van der Waals surface area contributed by atoms with Crippen molar-refractivity contribution in [3.63, 3.8) is 0 Å². The molecule has 0 bridgehead atoms. The number of rotatable bonds is 4. The lowest BCUT2D eigenvalue weighted by Crippen LogP contribution is -2.31. The van der Waals surface area contributed by atoms with Gasteiger partial charge in [-0.2, -0.15) is 0 Å². The number of aryl methyl sites for hydroxylation is 1. The Kier molecular flexibility index (Phi) is 4.20. The van der Waals surface area contributed by atoms with Gasteiger partial charge in [0.1, 0.15) is 0 Å². The van der Waals surface area contributed by atoms with Gasteiger partial charge in [-0.1, -0.05) is 48.0 Å². The van der Waals surface area contributed by atoms with Crippen LogP contribution in [0.3, 0.4) is 0 Å². The van der Waals surface area contributed by atoms with Crippen LogP contribution >= 0.6 is 0 Å². The first-order valence-corrected chi connectivity index (χ1v) is 7.77. The molecular weight excluding hydrogens is 274 g/mol. The Hall–Kier alpha value is -2.14. The quantitative estimate of drug-likeness (QED) is 0.939. The molecule has 0 aromatic heterocycles. The summed E-state index contributed by atoms with van der Waals surface area (Å²) in [4.78, 5) is 11.9. The van der Waals surface area contributed by atoms with E-state index < -0.39 is 15.9 Å². The fraction of sp³-hybridized carbons (Fsp3) is 0.133. The van der Waals surface area contributed by atoms with Crippen LogP contribution in [0.4, 0.5) is 0 Å². The van der Waals surface area contributed by atoms with Gasteiger partial charge in [-0.25, -0.2) is 13.1 Å². The zero-order valence-electron chi connectivity index (χ0n) is 11.0. The van der Waals surface area contributed by atoms with Crippen molar-refractivity contribution in [1.29, 1.82) is 0 Å². The first-order chi connectivity index (χ1) is 9.46. The predicted molar refractivity (Wildman–Crippen MR) is 77.7 cm³/mol. The highest BCUT2D eigenvalue weighted by molar-refractivity contribution is 7.89. The van der Waals surface area contributed by atoms with E-state index in [0.717, 1.165) is 5.56 Å². The van der Waals surface area contributed by atoms with E-state index in [1.54, 1.807) is 48.5 Å². The third-order valence-electron chi connectivity index (χ3n) is 2.73. The summed E-state index contributed by atoms with van der Waals surface area (Å²) in [7, 11) is -3.69. The molecule has 0 atom stereocenters. The second-order valence-corrected chi connectivity index (χ2v) is 6.27. The SMILES string of the molecule is Cc1cccc(C(=O)NS(=O)(=O)Cc2ccccc2)c1. The highest BCUT2D eigenvalue weighted by Gasteiger charge is 2.16. The van der Waals surface area contributed by atoms with E-state index in [4.69, 9.17) is 0 Å². The number of carbonyl (C=O) groups excluding carboxylic acids is 1. The number of sulfonamides is 1. The van der Waals surface area contributed by atoms with E-state index in [1.165, 1.54) is 0 Å². The first-order valence-electron chi connectivity index (χ1n) is 6.12. The van der Waals surface area contributed by atoms with E-state index in [9.17, 15) is 13.2 Å². The van der Waals surface area contributed by atoms with Crippen molar-refractivity contribution in [2.24, 2.45) is 0 Å². The Morgan fingerprint density at radius 1 is 1.05 bits per heavy atom. The largest absolute Gasteiger partial charge is 0.268 e. The van der Waals surface area contributed by atoms with Gasteiger partial charge in [0.05, 0.1) is 5.75 Å². The van der Waals surface area contributed by atoms with Gasteiger partial charge in [0.25, 0.3) is 5.91 Å². The maximum absolute atomic E-state index is 11.9. The molecule has 4 nitrogen and oxygen atoms in total. The van der Waals surface area contributed by atoms with Gasteiger partial charge in [0.15, 0.2) is 0 Å². The molecule has 0 radical (unpaired) electrons. The van der Waals surface area contributed by atoms with Crippen LogP contribution in [-0.4, -0.2) is 14.3 Å². The summed E-state index contributed by atoms with van der Waals surface area (Å²) < 4.78 is 26.0. The van der Waals surface area contributed by atoms with Crippen LogP contribution < -0.4 is 4.72 Å². The van der Waals surface area contributed by atoms with Crippen molar-refractivity contribution in [1.82, 2.24) is 4.72 Å². The van der Waals surface area contributed by atoms with E-state index >= 15 is 0 Å². The summed E-state index contributed by atoms with van der Waals surface area (Å²) in [6, 6.07) is 15.5. The van der Waals surface area contributed by atoms with Crippen LogP contribution in [0.1, 0.15) is 21.5 Å². The highest BCUT2D eigenvalue weighted by atomic mass is 32.2. The lowest BCUT2D eigenvalue weighted by Gasteiger charge is -2.07. The number of amides is 1. The van der Waals surface area contributed by atoms with Crippen LogP contribution in [-0.2, 0) is 15.8 Å². The maximum Gasteiger partial charge on any atom is 0.264 e. The predicted octanol–water partition coefficient (Wildman–Crippen LogP) is 2.25. The topological polar surface area (TPSA) is 63.2 Å². The molecule has 104 valence electrons. The van der Waals surface area contributed by atoms with E-state index in [0.29, 0.717) is 11.1 Å². The minimum absolute atomic E-state index is 0.217. The molecule has 0 unspecified atom stereocenters. The standard InChI is InChI=1S/C15H15NO3S/c1-12-6-5-9-14(10-12)15(17)16-20(18,19)11-13-7-3-2-4-8-13/h2-10H,11H2,1H3,(H,16,17). The number of benzene rings is 2. The van der Waals surface area contributed by atoms with Crippen LogP contribution in [0.15, 0.2) is 54.6 Å². The van der Waals surface area contributed by atoms with Crippen LogP contribution in [0, 0.1) is 6.92 Å².